The van der Waals surface area contributed by atoms with Crippen LogP contribution in [0.3, 0.4) is 0 Å². The van der Waals surface area contributed by atoms with Crippen LogP contribution in [0.25, 0.3) is 5.69 Å². The highest BCUT2D eigenvalue weighted by Gasteiger charge is 2.32. The molecule has 1 aromatic heterocycles. The van der Waals surface area contributed by atoms with Gasteiger partial charge in [0.25, 0.3) is 0 Å². The zero-order valence-corrected chi connectivity index (χ0v) is 10.0. The molecule has 5 heteroatoms. The summed E-state index contributed by atoms with van der Waals surface area (Å²) in [4.78, 5) is 0. The minimum Gasteiger partial charge on any atom is -0.240 e. The molecular formula is C13H12F3N2. The van der Waals surface area contributed by atoms with Crippen molar-refractivity contribution in [1.82, 2.24) is 9.78 Å². The van der Waals surface area contributed by atoms with Gasteiger partial charge in [0.1, 0.15) is 0 Å². The van der Waals surface area contributed by atoms with E-state index in [1.165, 1.54) is 4.68 Å². The molecule has 0 amide bonds. The molecule has 0 saturated heterocycles. The van der Waals surface area contributed by atoms with Crippen molar-refractivity contribution in [2.45, 2.75) is 20.0 Å². The van der Waals surface area contributed by atoms with E-state index in [1.807, 2.05) is 26.0 Å². The molecule has 1 heterocycles. The number of nitrogens with zero attached hydrogens (tertiary/aromatic N) is 2. The molecule has 2 nitrogen and oxygen atoms in total. The van der Waals surface area contributed by atoms with Crippen molar-refractivity contribution in [3.8, 4) is 5.69 Å². The predicted octanol–water partition coefficient (Wildman–Crippen LogP) is 3.69. The summed E-state index contributed by atoms with van der Waals surface area (Å²) in [5.74, 6) is 0. The monoisotopic (exact) mass is 253 g/mol. The Hall–Kier alpha value is -1.78. The van der Waals surface area contributed by atoms with Crippen LogP contribution in [-0.4, -0.2) is 9.78 Å². The molecule has 0 fully saturated rings. The zero-order valence-electron chi connectivity index (χ0n) is 10.0. The van der Waals surface area contributed by atoms with Crippen LogP contribution in [0, 0.1) is 20.8 Å². The number of aryl methyl sites for hydroxylation is 2. The largest absolute Gasteiger partial charge is 0.419 e. The highest BCUT2D eigenvalue weighted by atomic mass is 19.4. The molecule has 1 radical (unpaired) electrons. The minimum absolute atomic E-state index is 0.665. The normalized spacial score (nSPS) is 11.9. The molecule has 0 unspecified atom stereocenters. The molecule has 0 aliphatic carbocycles. The van der Waals surface area contributed by atoms with Crippen LogP contribution < -0.4 is 0 Å². The lowest BCUT2D eigenvalue weighted by molar-refractivity contribution is -0.137. The molecule has 95 valence electrons. The summed E-state index contributed by atoms with van der Waals surface area (Å²) in [6, 6.07) is 3.63. The van der Waals surface area contributed by atoms with Crippen LogP contribution in [0.15, 0.2) is 24.5 Å². The average Bonchev–Trinajstić information content (AvgIpc) is 2.64. The molecule has 0 bridgehead atoms. The molecule has 0 spiro atoms. The topological polar surface area (TPSA) is 17.8 Å². The number of hydrogen-bond acceptors (Lipinski definition) is 1. The number of hydrogen-bond donors (Lipinski definition) is 0. The van der Waals surface area contributed by atoms with Crippen molar-refractivity contribution >= 4 is 0 Å². The van der Waals surface area contributed by atoms with E-state index < -0.39 is 11.7 Å². The van der Waals surface area contributed by atoms with Crippen LogP contribution >= 0.6 is 0 Å². The Balaban J connectivity index is 2.53. The fraction of sp³-hybridized carbons (Fsp3) is 0.231. The van der Waals surface area contributed by atoms with Crippen molar-refractivity contribution in [1.29, 1.82) is 0 Å². The third-order valence-electron chi connectivity index (χ3n) is 2.69. The van der Waals surface area contributed by atoms with Gasteiger partial charge in [-0.1, -0.05) is 12.1 Å². The quantitative estimate of drug-likeness (QED) is 0.757. The van der Waals surface area contributed by atoms with E-state index in [9.17, 15) is 13.2 Å². The van der Waals surface area contributed by atoms with Gasteiger partial charge in [-0.25, -0.2) is 4.68 Å². The minimum atomic E-state index is -4.37. The van der Waals surface area contributed by atoms with Gasteiger partial charge in [0.2, 0.25) is 0 Å². The summed E-state index contributed by atoms with van der Waals surface area (Å²) in [7, 11) is 0. The molecule has 18 heavy (non-hydrogen) atoms. The van der Waals surface area contributed by atoms with Gasteiger partial charge >= 0.3 is 6.18 Å². The van der Waals surface area contributed by atoms with E-state index >= 15 is 0 Å². The second kappa shape index (κ2) is 4.15. The summed E-state index contributed by atoms with van der Waals surface area (Å²) < 4.78 is 38.8. The number of rotatable bonds is 1. The van der Waals surface area contributed by atoms with Gasteiger partial charge in [-0.3, -0.25) is 0 Å². The smallest absolute Gasteiger partial charge is 0.240 e. The van der Waals surface area contributed by atoms with Gasteiger partial charge in [-0.2, -0.15) is 18.3 Å². The lowest BCUT2D eigenvalue weighted by atomic mass is 10.1. The Morgan fingerprint density at radius 1 is 1.17 bits per heavy atom. The van der Waals surface area contributed by atoms with Crippen molar-refractivity contribution in [3.63, 3.8) is 0 Å². The summed E-state index contributed by atoms with van der Waals surface area (Å²) >= 11 is 0. The van der Waals surface area contributed by atoms with E-state index in [0.717, 1.165) is 29.1 Å². The van der Waals surface area contributed by atoms with Crippen molar-refractivity contribution in [2.24, 2.45) is 0 Å². The Bertz CT molecular complexity index is 559. The highest BCUT2D eigenvalue weighted by Crippen LogP contribution is 2.30. The molecular weight excluding hydrogens is 241 g/mol. The Morgan fingerprint density at radius 3 is 2.17 bits per heavy atom. The van der Waals surface area contributed by atoms with Crippen molar-refractivity contribution < 1.29 is 13.2 Å². The van der Waals surface area contributed by atoms with Gasteiger partial charge in [0.15, 0.2) is 0 Å². The van der Waals surface area contributed by atoms with E-state index in [0.29, 0.717) is 5.69 Å². The molecule has 0 saturated carbocycles. The third kappa shape index (κ3) is 2.25. The van der Waals surface area contributed by atoms with Crippen LogP contribution in [0.2, 0.25) is 0 Å². The highest BCUT2D eigenvalue weighted by molar-refractivity contribution is 5.49. The first-order valence-corrected chi connectivity index (χ1v) is 5.34. The second-order valence-corrected chi connectivity index (χ2v) is 4.25. The molecule has 0 aliphatic heterocycles. The maximum absolute atomic E-state index is 12.5. The summed E-state index contributed by atoms with van der Waals surface area (Å²) in [6.45, 7) is 7.46. The number of aromatic nitrogens is 2. The van der Waals surface area contributed by atoms with E-state index in [2.05, 4.69) is 12.0 Å². The fourth-order valence-corrected chi connectivity index (χ4v) is 2.00. The molecule has 0 atom stereocenters. The lowest BCUT2D eigenvalue weighted by Gasteiger charge is -2.11. The number of halogens is 3. The molecule has 1 aromatic carbocycles. The Kier molecular flexibility index (Phi) is 2.92. The molecule has 2 rings (SSSR count). The van der Waals surface area contributed by atoms with Crippen LogP contribution in [-0.2, 0) is 6.18 Å². The van der Waals surface area contributed by atoms with Gasteiger partial charge in [0, 0.05) is 6.20 Å². The maximum atomic E-state index is 12.5. The molecule has 0 N–H and O–H groups in total. The van der Waals surface area contributed by atoms with Gasteiger partial charge in [-0.05, 0) is 37.5 Å². The van der Waals surface area contributed by atoms with Gasteiger partial charge in [-0.15, -0.1) is 0 Å². The van der Waals surface area contributed by atoms with Crippen LogP contribution in [0.5, 0.6) is 0 Å². The van der Waals surface area contributed by atoms with E-state index in [-0.39, 0.29) is 0 Å². The fourth-order valence-electron chi connectivity index (χ4n) is 2.00. The molecule has 0 aliphatic rings. The third-order valence-corrected chi connectivity index (χ3v) is 2.69. The first-order valence-electron chi connectivity index (χ1n) is 5.34. The summed E-state index contributed by atoms with van der Waals surface area (Å²) in [5, 5.41) is 3.78. The maximum Gasteiger partial charge on any atom is 0.419 e. The van der Waals surface area contributed by atoms with E-state index in [4.69, 9.17) is 0 Å². The SMILES string of the molecule is [CH2]c1cc(C)c(-n2cc(C(F)(F)F)cn2)c(C)c1. The van der Waals surface area contributed by atoms with Crippen molar-refractivity contribution in [2.75, 3.05) is 0 Å². The van der Waals surface area contributed by atoms with Gasteiger partial charge < -0.3 is 0 Å². The molecule has 2 aromatic rings. The lowest BCUT2D eigenvalue weighted by Crippen LogP contribution is -2.04. The Labute approximate surface area is 103 Å². The first-order chi connectivity index (χ1) is 8.29. The number of alkyl halides is 3. The summed E-state index contributed by atoms with van der Waals surface area (Å²) in [6.07, 6.45) is -2.54. The van der Waals surface area contributed by atoms with Gasteiger partial charge in [0.05, 0.1) is 17.4 Å². The summed E-state index contributed by atoms with van der Waals surface area (Å²) in [5.41, 5.74) is 2.43. The predicted molar refractivity (Wildman–Crippen MR) is 62.5 cm³/mol. The van der Waals surface area contributed by atoms with Crippen LogP contribution in [0.4, 0.5) is 13.2 Å². The second-order valence-electron chi connectivity index (χ2n) is 4.25. The standard InChI is InChI=1S/C13H12F3N2/c1-8-4-9(2)12(10(3)5-8)18-7-11(6-17-18)13(14,15)16/h4-7H,1H2,2-3H3. The average molecular weight is 253 g/mol. The van der Waals surface area contributed by atoms with E-state index in [1.54, 1.807) is 0 Å². The number of benzene rings is 1. The van der Waals surface area contributed by atoms with Crippen molar-refractivity contribution in [3.05, 3.63) is 53.7 Å². The zero-order chi connectivity index (χ0) is 13.5. The Morgan fingerprint density at radius 2 is 1.72 bits per heavy atom. The van der Waals surface area contributed by atoms with Crippen LogP contribution in [0.1, 0.15) is 22.3 Å². The first kappa shape index (κ1) is 12.7.